The first-order chi connectivity index (χ1) is 11.8. The summed E-state index contributed by atoms with van der Waals surface area (Å²) in [4.78, 5) is 4.35. The third-order valence-electron chi connectivity index (χ3n) is 4.09. The van der Waals surface area contributed by atoms with Crippen molar-refractivity contribution in [2.75, 3.05) is 5.32 Å². The number of hydrogen-bond acceptors (Lipinski definition) is 6. The highest BCUT2D eigenvalue weighted by atomic mass is 35.5. The lowest BCUT2D eigenvalue weighted by atomic mass is 10.2. The average molecular weight is 345 g/mol. The van der Waals surface area contributed by atoms with Crippen LogP contribution in [-0.2, 0) is 19.5 Å². The number of rotatable bonds is 4. The molecule has 0 saturated carbocycles. The summed E-state index contributed by atoms with van der Waals surface area (Å²) in [5.74, 6) is 2.46. The Morgan fingerprint density at radius 3 is 3.08 bits per heavy atom. The first kappa shape index (κ1) is 15.1. The Hall–Kier alpha value is -2.41. The molecule has 0 atom stereocenters. The number of anilines is 1. The molecule has 4 rings (SSSR count). The van der Waals surface area contributed by atoms with Crippen molar-refractivity contribution in [3.63, 3.8) is 0 Å². The van der Waals surface area contributed by atoms with Crippen molar-refractivity contribution in [1.29, 1.82) is 0 Å². The van der Waals surface area contributed by atoms with Crippen LogP contribution in [-0.4, -0.2) is 24.9 Å². The number of benzene rings is 1. The van der Waals surface area contributed by atoms with E-state index < -0.39 is 0 Å². The number of hydrogen-bond donors (Lipinski definition) is 1. The van der Waals surface area contributed by atoms with E-state index in [4.69, 9.17) is 16.1 Å². The van der Waals surface area contributed by atoms with E-state index in [1.165, 1.54) is 12.8 Å². The lowest BCUT2D eigenvalue weighted by molar-refractivity contribution is 0.431. The molecule has 0 fully saturated rings. The Kier molecular flexibility index (Phi) is 4.17. The van der Waals surface area contributed by atoms with E-state index >= 15 is 0 Å². The molecular formula is C16H17ClN6O. The van der Waals surface area contributed by atoms with Crippen molar-refractivity contribution < 1.29 is 4.52 Å². The van der Waals surface area contributed by atoms with Crippen LogP contribution in [0.5, 0.6) is 0 Å². The first-order valence-electron chi connectivity index (χ1n) is 8.04. The van der Waals surface area contributed by atoms with Crippen molar-refractivity contribution in [3.8, 4) is 11.4 Å². The summed E-state index contributed by atoms with van der Waals surface area (Å²) in [6, 6.07) is 7.71. The van der Waals surface area contributed by atoms with Crippen LogP contribution in [0.2, 0.25) is 5.02 Å². The Morgan fingerprint density at radius 2 is 2.17 bits per heavy atom. The third kappa shape index (κ3) is 3.12. The topological polar surface area (TPSA) is 81.7 Å². The zero-order valence-electron chi connectivity index (χ0n) is 13.1. The van der Waals surface area contributed by atoms with Crippen LogP contribution in [0.25, 0.3) is 11.4 Å². The number of fused-ring (bicyclic) bond motifs is 1. The molecular weight excluding hydrogens is 328 g/mol. The van der Waals surface area contributed by atoms with Crippen molar-refractivity contribution in [2.24, 2.45) is 0 Å². The van der Waals surface area contributed by atoms with E-state index in [1.54, 1.807) is 12.1 Å². The molecule has 0 aliphatic carbocycles. The molecule has 24 heavy (non-hydrogen) atoms. The SMILES string of the molecule is Clc1cccc(-c2noc(NCc3nnc4n3CCCCC4)n2)c1. The molecule has 0 radical (unpaired) electrons. The van der Waals surface area contributed by atoms with Gasteiger partial charge in [-0.1, -0.05) is 35.3 Å². The molecule has 3 heterocycles. The van der Waals surface area contributed by atoms with E-state index in [0.717, 1.165) is 36.6 Å². The summed E-state index contributed by atoms with van der Waals surface area (Å²) >= 11 is 5.99. The molecule has 0 amide bonds. The Labute approximate surface area is 144 Å². The van der Waals surface area contributed by atoms with E-state index in [1.807, 2.05) is 12.1 Å². The monoisotopic (exact) mass is 344 g/mol. The fraction of sp³-hybridized carbons (Fsp3) is 0.375. The van der Waals surface area contributed by atoms with Crippen LogP contribution in [0, 0.1) is 0 Å². The number of nitrogens with zero attached hydrogens (tertiary/aromatic N) is 5. The van der Waals surface area contributed by atoms with Crippen molar-refractivity contribution in [1.82, 2.24) is 24.9 Å². The van der Waals surface area contributed by atoms with Gasteiger partial charge < -0.3 is 14.4 Å². The maximum atomic E-state index is 5.99. The molecule has 2 aromatic heterocycles. The van der Waals surface area contributed by atoms with Crippen molar-refractivity contribution >= 4 is 17.6 Å². The fourth-order valence-electron chi connectivity index (χ4n) is 2.87. The van der Waals surface area contributed by atoms with Crippen LogP contribution >= 0.6 is 11.6 Å². The molecule has 1 aliphatic rings. The van der Waals surface area contributed by atoms with Gasteiger partial charge in [0.15, 0.2) is 5.82 Å². The maximum absolute atomic E-state index is 5.99. The van der Waals surface area contributed by atoms with Gasteiger partial charge in [-0.3, -0.25) is 0 Å². The molecule has 0 saturated heterocycles. The second-order valence-electron chi connectivity index (χ2n) is 5.78. The summed E-state index contributed by atoms with van der Waals surface area (Å²) < 4.78 is 7.44. The number of halogens is 1. The van der Waals surface area contributed by atoms with E-state index in [0.29, 0.717) is 23.4 Å². The Balaban J connectivity index is 1.46. The molecule has 0 spiro atoms. The fourth-order valence-corrected chi connectivity index (χ4v) is 3.06. The van der Waals surface area contributed by atoms with Gasteiger partial charge >= 0.3 is 6.01 Å². The predicted octanol–water partition coefficient (Wildman–Crippen LogP) is 3.32. The number of aryl methyl sites for hydroxylation is 1. The van der Waals surface area contributed by atoms with E-state index in [-0.39, 0.29) is 0 Å². The minimum Gasteiger partial charge on any atom is -0.330 e. The third-order valence-corrected chi connectivity index (χ3v) is 4.33. The van der Waals surface area contributed by atoms with E-state index in [9.17, 15) is 0 Å². The standard InChI is InChI=1S/C16H17ClN6O/c17-12-6-4-5-11(9-12)15-19-16(24-22-15)18-10-14-21-20-13-7-2-1-3-8-23(13)14/h4-6,9H,1-3,7-8,10H2,(H,18,19,22). The van der Waals surface area contributed by atoms with Gasteiger partial charge in [-0.15, -0.1) is 10.2 Å². The highest BCUT2D eigenvalue weighted by Gasteiger charge is 2.15. The van der Waals surface area contributed by atoms with Gasteiger partial charge in [0.25, 0.3) is 0 Å². The molecule has 0 unspecified atom stereocenters. The zero-order chi connectivity index (χ0) is 16.4. The van der Waals surface area contributed by atoms with Gasteiger partial charge in [-0.2, -0.15) is 4.98 Å². The number of aromatic nitrogens is 5. The maximum Gasteiger partial charge on any atom is 0.322 e. The zero-order valence-corrected chi connectivity index (χ0v) is 13.8. The van der Waals surface area contributed by atoms with Gasteiger partial charge in [0.1, 0.15) is 5.82 Å². The summed E-state index contributed by atoms with van der Waals surface area (Å²) in [6.45, 7) is 1.47. The first-order valence-corrected chi connectivity index (χ1v) is 8.42. The van der Waals surface area contributed by atoms with Crippen LogP contribution in [0.1, 0.15) is 30.9 Å². The molecule has 7 nitrogen and oxygen atoms in total. The minimum absolute atomic E-state index is 0.357. The van der Waals surface area contributed by atoms with Crippen LogP contribution < -0.4 is 5.32 Å². The predicted molar refractivity (Wildman–Crippen MR) is 89.6 cm³/mol. The second kappa shape index (κ2) is 6.60. The van der Waals surface area contributed by atoms with Crippen molar-refractivity contribution in [2.45, 2.75) is 38.8 Å². The van der Waals surface area contributed by atoms with Gasteiger partial charge in [-0.25, -0.2) is 0 Å². The average Bonchev–Trinajstić information content (AvgIpc) is 3.14. The van der Waals surface area contributed by atoms with Crippen LogP contribution in [0.3, 0.4) is 0 Å². The lowest BCUT2D eigenvalue weighted by Gasteiger charge is -2.06. The van der Waals surface area contributed by atoms with Gasteiger partial charge in [-0.05, 0) is 25.0 Å². The largest absolute Gasteiger partial charge is 0.330 e. The normalized spacial score (nSPS) is 14.2. The second-order valence-corrected chi connectivity index (χ2v) is 6.22. The lowest BCUT2D eigenvalue weighted by Crippen LogP contribution is -2.10. The molecule has 1 aliphatic heterocycles. The highest BCUT2D eigenvalue weighted by molar-refractivity contribution is 6.30. The molecule has 124 valence electrons. The molecule has 0 bridgehead atoms. The Bertz CT molecular complexity index is 843. The highest BCUT2D eigenvalue weighted by Crippen LogP contribution is 2.21. The Morgan fingerprint density at radius 1 is 1.21 bits per heavy atom. The van der Waals surface area contributed by atoms with Gasteiger partial charge in [0.2, 0.25) is 5.82 Å². The molecule has 1 N–H and O–H groups in total. The minimum atomic E-state index is 0.357. The van der Waals surface area contributed by atoms with Crippen LogP contribution in [0.4, 0.5) is 6.01 Å². The summed E-state index contributed by atoms with van der Waals surface area (Å²) in [7, 11) is 0. The van der Waals surface area contributed by atoms with Gasteiger partial charge in [0.05, 0.1) is 6.54 Å². The molecule has 1 aromatic carbocycles. The van der Waals surface area contributed by atoms with Gasteiger partial charge in [0, 0.05) is 23.6 Å². The van der Waals surface area contributed by atoms with E-state index in [2.05, 4.69) is 30.2 Å². The van der Waals surface area contributed by atoms with Crippen molar-refractivity contribution in [3.05, 3.63) is 40.9 Å². The summed E-state index contributed by atoms with van der Waals surface area (Å²) in [5, 5.41) is 16.3. The molecule has 8 heteroatoms. The van der Waals surface area contributed by atoms with Crippen LogP contribution in [0.15, 0.2) is 28.8 Å². The molecule has 3 aromatic rings. The quantitative estimate of drug-likeness (QED) is 0.781. The smallest absolute Gasteiger partial charge is 0.322 e. The summed E-state index contributed by atoms with van der Waals surface area (Å²) in [6.07, 6.45) is 4.57. The number of nitrogens with one attached hydrogen (secondary N) is 1. The summed E-state index contributed by atoms with van der Waals surface area (Å²) in [5.41, 5.74) is 0.815.